The number of fused-ring (bicyclic) bond motifs is 15. The number of rotatable bonds is 4. The number of hydrogen-bond acceptors (Lipinski definition) is 10. The van der Waals surface area contributed by atoms with Crippen molar-refractivity contribution in [1.29, 1.82) is 0 Å². The van der Waals surface area contributed by atoms with Crippen LogP contribution in [-0.4, -0.2) is 0 Å². The molecule has 0 saturated heterocycles. The predicted octanol–water partition coefficient (Wildman–Crippen LogP) is 16.8. The van der Waals surface area contributed by atoms with Crippen molar-refractivity contribution < 1.29 is 0 Å². The molecule has 0 saturated carbocycles. The molecular formula is C45H22S10. The number of thiophene rings is 10. The first-order chi connectivity index (χ1) is 27.1. The highest BCUT2D eigenvalue weighted by Crippen LogP contribution is 2.58. The molecule has 0 N–H and O–H groups in total. The summed E-state index contributed by atoms with van der Waals surface area (Å²) in [4.78, 5) is 26.7. The minimum Gasteiger partial charge on any atom is -0.143 e. The summed E-state index contributed by atoms with van der Waals surface area (Å²) in [5.74, 6) is 0. The second-order valence-corrected chi connectivity index (χ2v) is 25.4. The van der Waals surface area contributed by atoms with Gasteiger partial charge < -0.3 is 0 Å². The molecule has 10 heterocycles. The Morgan fingerprint density at radius 1 is 0.236 bits per heavy atom. The van der Waals surface area contributed by atoms with E-state index in [1.165, 1.54) is 143 Å². The smallest absolute Gasteiger partial charge is 0.0488 e. The van der Waals surface area contributed by atoms with Gasteiger partial charge in [0.15, 0.2) is 0 Å². The standard InChI is InChI=1S/C45H22S10/c1-3-46-36-18(1)5-20-10-28(48-38(20)36)30-12-22-7-24-14-32(52-42(24)40(22)50-30)34-16-26-9-27-17-35(55-45(27)44(26)54-34)33-15-25-8-23-13-31(51-41(23)43(25)53-33)29-11-21-6-19-2-4-47-37(19)39(21)49-29/h1-4,10-17H,5-9H2. The fourth-order valence-corrected chi connectivity index (χ4v) is 22.0. The summed E-state index contributed by atoms with van der Waals surface area (Å²) < 4.78 is 0. The lowest BCUT2D eigenvalue weighted by molar-refractivity contribution is 1.28. The van der Waals surface area contributed by atoms with Gasteiger partial charge in [0.1, 0.15) is 0 Å². The molecule has 0 radical (unpaired) electrons. The molecule has 5 aliphatic rings. The summed E-state index contributed by atoms with van der Waals surface area (Å²) in [6, 6.07) is 24.6. The van der Waals surface area contributed by atoms with Gasteiger partial charge in [0.2, 0.25) is 0 Å². The zero-order valence-corrected chi connectivity index (χ0v) is 36.7. The van der Waals surface area contributed by atoms with Crippen LogP contribution in [0.1, 0.15) is 55.6 Å². The van der Waals surface area contributed by atoms with Crippen LogP contribution in [0.2, 0.25) is 0 Å². The molecule has 0 unspecified atom stereocenters. The molecule has 0 aliphatic heterocycles. The van der Waals surface area contributed by atoms with E-state index in [0.29, 0.717) is 0 Å². The van der Waals surface area contributed by atoms with Gasteiger partial charge >= 0.3 is 0 Å². The van der Waals surface area contributed by atoms with Crippen LogP contribution in [0.25, 0.3) is 87.8 Å². The normalized spacial score (nSPS) is 14.5. The largest absolute Gasteiger partial charge is 0.143 e. The molecule has 10 aromatic rings. The number of hydrogen-bond donors (Lipinski definition) is 0. The molecule has 262 valence electrons. The second-order valence-electron chi connectivity index (χ2n) is 15.2. The van der Waals surface area contributed by atoms with E-state index in [9.17, 15) is 0 Å². The Balaban J connectivity index is 0.703. The van der Waals surface area contributed by atoms with Crippen LogP contribution in [0.5, 0.6) is 0 Å². The zero-order chi connectivity index (χ0) is 35.3. The zero-order valence-electron chi connectivity index (χ0n) is 28.5. The van der Waals surface area contributed by atoms with Crippen molar-refractivity contribution in [2.45, 2.75) is 32.1 Å². The summed E-state index contributed by atoms with van der Waals surface area (Å²) in [6.07, 6.45) is 5.44. The van der Waals surface area contributed by atoms with Gasteiger partial charge in [-0.25, -0.2) is 0 Å². The third-order valence-corrected chi connectivity index (χ3v) is 24.8. The van der Waals surface area contributed by atoms with Gasteiger partial charge in [0.25, 0.3) is 0 Å². The van der Waals surface area contributed by atoms with Crippen molar-refractivity contribution in [3.05, 3.63) is 127 Å². The maximum atomic E-state index is 2.51. The van der Waals surface area contributed by atoms with Crippen molar-refractivity contribution in [3.63, 3.8) is 0 Å². The predicted molar refractivity (Wildman–Crippen MR) is 248 cm³/mol. The van der Waals surface area contributed by atoms with Crippen LogP contribution in [0.15, 0.2) is 71.4 Å². The molecule has 0 nitrogen and oxygen atoms in total. The van der Waals surface area contributed by atoms with Gasteiger partial charge in [-0.2, -0.15) is 0 Å². The summed E-state index contributed by atoms with van der Waals surface area (Å²) in [6.45, 7) is 0. The lowest BCUT2D eigenvalue weighted by Gasteiger charge is -1.94. The van der Waals surface area contributed by atoms with Crippen molar-refractivity contribution >= 4 is 113 Å². The molecule has 0 bridgehead atoms. The summed E-state index contributed by atoms with van der Waals surface area (Å²) >= 11 is 20.0. The van der Waals surface area contributed by atoms with Crippen molar-refractivity contribution in [2.24, 2.45) is 0 Å². The fourth-order valence-electron chi connectivity index (χ4n) is 9.36. The Hall–Kier alpha value is -3.00. The highest BCUT2D eigenvalue weighted by atomic mass is 32.1. The SMILES string of the molecule is c1cc2c(s1)-c1sc(-c3cc4c(s3)-c3sc(-c5cc6c(s5)-c5sc(-c7cc8c(s7)-c7sc(-c9cc%10c(s9)-c9sccc9C%10)cc7C8)cc5C6)cc3C4)cc1C2. The first-order valence-corrected chi connectivity index (χ1v) is 26.6. The van der Waals surface area contributed by atoms with E-state index in [2.05, 4.69) is 71.4 Å². The van der Waals surface area contributed by atoms with Crippen molar-refractivity contribution in [1.82, 2.24) is 0 Å². The summed E-state index contributed by atoms with van der Waals surface area (Å²) in [5, 5.41) is 4.50. The average Bonchev–Trinajstić information content (AvgIpc) is 3.94. The maximum Gasteiger partial charge on any atom is 0.0488 e. The van der Waals surface area contributed by atoms with Crippen LogP contribution < -0.4 is 0 Å². The molecule has 10 aromatic heterocycles. The molecule has 0 spiro atoms. The molecule has 5 aliphatic carbocycles. The monoisotopic (exact) mass is 882 g/mol. The van der Waals surface area contributed by atoms with Gasteiger partial charge in [-0.3, -0.25) is 0 Å². The van der Waals surface area contributed by atoms with E-state index in [1.807, 2.05) is 113 Å². The molecule has 0 fully saturated rings. The highest BCUT2D eigenvalue weighted by molar-refractivity contribution is 7.33. The van der Waals surface area contributed by atoms with Crippen LogP contribution in [0, 0.1) is 0 Å². The van der Waals surface area contributed by atoms with E-state index < -0.39 is 0 Å². The van der Waals surface area contributed by atoms with E-state index >= 15 is 0 Å². The minimum absolute atomic E-state index is 1.07. The van der Waals surface area contributed by atoms with Crippen molar-refractivity contribution in [2.75, 3.05) is 0 Å². The Kier molecular flexibility index (Phi) is 6.17. The first kappa shape index (κ1) is 31.0. The van der Waals surface area contributed by atoms with E-state index in [0.717, 1.165) is 32.1 Å². The fraction of sp³-hybridized carbons (Fsp3) is 0.111. The molecule has 10 heteroatoms. The van der Waals surface area contributed by atoms with Crippen molar-refractivity contribution in [3.8, 4) is 87.8 Å². The first-order valence-electron chi connectivity index (χ1n) is 18.3. The highest BCUT2D eigenvalue weighted by Gasteiger charge is 2.32. The van der Waals surface area contributed by atoms with E-state index in [4.69, 9.17) is 0 Å². The van der Waals surface area contributed by atoms with Gasteiger partial charge in [-0.1, -0.05) is 0 Å². The maximum absolute atomic E-state index is 2.51. The molecule has 15 rings (SSSR count). The van der Waals surface area contributed by atoms with Crippen LogP contribution >= 0.6 is 113 Å². The average molecular weight is 883 g/mol. The lowest BCUT2D eigenvalue weighted by Crippen LogP contribution is -1.77. The van der Waals surface area contributed by atoms with Gasteiger partial charge in [-0.05, 0) is 127 Å². The van der Waals surface area contributed by atoms with Gasteiger partial charge in [0.05, 0.1) is 0 Å². The summed E-state index contributed by atoms with van der Waals surface area (Å²) in [7, 11) is 0. The van der Waals surface area contributed by atoms with E-state index in [-0.39, 0.29) is 0 Å². The molecule has 55 heavy (non-hydrogen) atoms. The van der Waals surface area contributed by atoms with Crippen LogP contribution in [-0.2, 0) is 32.1 Å². The Morgan fingerprint density at radius 2 is 0.436 bits per heavy atom. The summed E-state index contributed by atoms with van der Waals surface area (Å²) in [5.41, 5.74) is 15.3. The molecular weight excluding hydrogens is 861 g/mol. The van der Waals surface area contributed by atoms with Gasteiger partial charge in [0, 0.05) is 120 Å². The molecule has 0 atom stereocenters. The third kappa shape index (κ3) is 4.29. The Bertz CT molecular complexity index is 3090. The lowest BCUT2D eigenvalue weighted by atomic mass is 10.1. The Morgan fingerprint density at radius 3 is 0.673 bits per heavy atom. The topological polar surface area (TPSA) is 0 Å². The molecule has 0 aromatic carbocycles. The van der Waals surface area contributed by atoms with Gasteiger partial charge in [-0.15, -0.1) is 113 Å². The van der Waals surface area contributed by atoms with E-state index in [1.54, 1.807) is 0 Å². The second kappa shape index (κ2) is 10.9. The van der Waals surface area contributed by atoms with Crippen LogP contribution in [0.3, 0.4) is 0 Å². The van der Waals surface area contributed by atoms with Crippen LogP contribution in [0.4, 0.5) is 0 Å². The Labute approximate surface area is 356 Å². The molecule has 0 amide bonds. The minimum atomic E-state index is 1.07. The quantitative estimate of drug-likeness (QED) is 0.165. The third-order valence-electron chi connectivity index (χ3n) is 11.9.